The Hall–Kier alpha value is -1.07. The van der Waals surface area contributed by atoms with E-state index in [-0.39, 0.29) is 12.6 Å². The van der Waals surface area contributed by atoms with Gasteiger partial charge in [0, 0.05) is 19.6 Å². The van der Waals surface area contributed by atoms with Gasteiger partial charge < -0.3 is 15.3 Å². The molecular formula is C13H20N2O2S. The summed E-state index contributed by atoms with van der Waals surface area (Å²) in [4.78, 5) is 13.7. The van der Waals surface area contributed by atoms with Gasteiger partial charge in [-0.2, -0.15) is 11.3 Å². The molecule has 1 aliphatic rings. The second-order valence-electron chi connectivity index (χ2n) is 4.93. The van der Waals surface area contributed by atoms with E-state index in [4.69, 9.17) is 0 Å². The highest BCUT2D eigenvalue weighted by atomic mass is 32.1. The van der Waals surface area contributed by atoms with Crippen LogP contribution < -0.4 is 5.32 Å². The Morgan fingerprint density at radius 3 is 2.94 bits per heavy atom. The van der Waals surface area contributed by atoms with Crippen molar-refractivity contribution < 1.29 is 9.90 Å². The molecule has 1 unspecified atom stereocenters. The van der Waals surface area contributed by atoms with Crippen molar-refractivity contribution in [2.75, 3.05) is 19.6 Å². The van der Waals surface area contributed by atoms with Crippen molar-refractivity contribution in [3.63, 3.8) is 0 Å². The maximum atomic E-state index is 11.9. The molecule has 2 N–H and O–H groups in total. The Labute approximate surface area is 112 Å². The molecule has 1 saturated heterocycles. The fraction of sp³-hybridized carbons (Fsp3) is 0.615. The van der Waals surface area contributed by atoms with E-state index in [1.165, 1.54) is 0 Å². The smallest absolute Gasteiger partial charge is 0.317 e. The first kappa shape index (κ1) is 13.4. The van der Waals surface area contributed by atoms with Crippen molar-refractivity contribution in [1.29, 1.82) is 0 Å². The zero-order valence-electron chi connectivity index (χ0n) is 10.6. The number of nitrogens with one attached hydrogen (secondary N) is 1. The van der Waals surface area contributed by atoms with Crippen LogP contribution in [0.25, 0.3) is 0 Å². The molecule has 2 rings (SSSR count). The number of aliphatic hydroxyl groups excluding tert-OH is 1. The van der Waals surface area contributed by atoms with Gasteiger partial charge in [-0.25, -0.2) is 4.79 Å². The van der Waals surface area contributed by atoms with E-state index in [1.54, 1.807) is 11.3 Å². The molecule has 18 heavy (non-hydrogen) atoms. The van der Waals surface area contributed by atoms with E-state index >= 15 is 0 Å². The summed E-state index contributed by atoms with van der Waals surface area (Å²) in [5.41, 5.74) is 0.868. The third-order valence-electron chi connectivity index (χ3n) is 3.45. The topological polar surface area (TPSA) is 52.6 Å². The highest BCUT2D eigenvalue weighted by molar-refractivity contribution is 7.07. The third-order valence-corrected chi connectivity index (χ3v) is 4.15. The first-order chi connectivity index (χ1) is 8.66. The van der Waals surface area contributed by atoms with Gasteiger partial charge in [-0.3, -0.25) is 0 Å². The van der Waals surface area contributed by atoms with Crippen LogP contribution >= 0.6 is 11.3 Å². The first-order valence-corrected chi connectivity index (χ1v) is 7.34. The maximum absolute atomic E-state index is 11.9. The van der Waals surface area contributed by atoms with E-state index in [2.05, 4.69) is 12.2 Å². The molecule has 0 aliphatic carbocycles. The minimum absolute atomic E-state index is 0.0591. The van der Waals surface area contributed by atoms with Crippen LogP contribution in [0.3, 0.4) is 0 Å². The van der Waals surface area contributed by atoms with Crippen LogP contribution in [0.2, 0.25) is 0 Å². The van der Waals surface area contributed by atoms with Crippen LogP contribution in [0.4, 0.5) is 4.79 Å². The summed E-state index contributed by atoms with van der Waals surface area (Å²) in [7, 11) is 0. The molecule has 2 amide bonds. The molecule has 0 aromatic carbocycles. The monoisotopic (exact) mass is 268 g/mol. The standard InChI is InChI=1S/C13H20N2O2S/c1-10-2-5-15(6-3-10)13(17)14-8-12(16)11-4-7-18-9-11/h4,7,9-10,12,16H,2-3,5-6,8H2,1H3,(H,14,17). The van der Waals surface area contributed by atoms with Gasteiger partial charge in [0.2, 0.25) is 0 Å². The number of amides is 2. The number of rotatable bonds is 3. The molecule has 1 atom stereocenters. The van der Waals surface area contributed by atoms with Crippen molar-refractivity contribution in [1.82, 2.24) is 10.2 Å². The normalized spacial score (nSPS) is 18.7. The van der Waals surface area contributed by atoms with Gasteiger partial charge in [-0.15, -0.1) is 0 Å². The van der Waals surface area contributed by atoms with E-state index in [1.807, 2.05) is 21.7 Å². The van der Waals surface area contributed by atoms with E-state index in [0.717, 1.165) is 31.5 Å². The third kappa shape index (κ3) is 3.46. The zero-order valence-corrected chi connectivity index (χ0v) is 11.4. The summed E-state index contributed by atoms with van der Waals surface area (Å²) in [6.45, 7) is 4.14. The predicted molar refractivity (Wildman–Crippen MR) is 72.6 cm³/mol. The lowest BCUT2D eigenvalue weighted by Gasteiger charge is -2.30. The highest BCUT2D eigenvalue weighted by Gasteiger charge is 2.20. The Morgan fingerprint density at radius 2 is 2.33 bits per heavy atom. The number of aliphatic hydroxyl groups is 1. The van der Waals surface area contributed by atoms with Crippen LogP contribution in [0.5, 0.6) is 0 Å². The number of nitrogens with zero attached hydrogens (tertiary/aromatic N) is 1. The van der Waals surface area contributed by atoms with Crippen molar-refractivity contribution in [3.8, 4) is 0 Å². The van der Waals surface area contributed by atoms with Crippen molar-refractivity contribution in [2.24, 2.45) is 5.92 Å². The van der Waals surface area contributed by atoms with Gasteiger partial charge in [0.15, 0.2) is 0 Å². The van der Waals surface area contributed by atoms with Crippen LogP contribution in [0.1, 0.15) is 31.4 Å². The summed E-state index contributed by atoms with van der Waals surface area (Å²) in [6, 6.07) is 1.82. The Bertz CT molecular complexity index is 372. The summed E-state index contributed by atoms with van der Waals surface area (Å²) in [6.07, 6.45) is 1.53. The molecule has 0 saturated carbocycles. The van der Waals surface area contributed by atoms with Crippen LogP contribution in [0.15, 0.2) is 16.8 Å². The summed E-state index contributed by atoms with van der Waals surface area (Å²) in [5, 5.41) is 16.5. The molecule has 2 heterocycles. The molecular weight excluding hydrogens is 248 g/mol. The summed E-state index contributed by atoms with van der Waals surface area (Å²) >= 11 is 1.55. The van der Waals surface area contributed by atoms with Gasteiger partial charge in [0.1, 0.15) is 0 Å². The quantitative estimate of drug-likeness (QED) is 0.883. The lowest BCUT2D eigenvalue weighted by atomic mass is 10.00. The average Bonchev–Trinajstić information content (AvgIpc) is 2.90. The number of piperidine rings is 1. The number of thiophene rings is 1. The number of carbonyl (C=O) groups excluding carboxylic acids is 1. The molecule has 1 aromatic heterocycles. The molecule has 1 fully saturated rings. The highest BCUT2D eigenvalue weighted by Crippen LogP contribution is 2.17. The molecule has 100 valence electrons. The number of hydrogen-bond donors (Lipinski definition) is 2. The number of likely N-dealkylation sites (tertiary alicyclic amines) is 1. The largest absolute Gasteiger partial charge is 0.387 e. The SMILES string of the molecule is CC1CCN(C(=O)NCC(O)c2ccsc2)CC1. The van der Waals surface area contributed by atoms with Gasteiger partial charge in [0.05, 0.1) is 6.10 Å². The summed E-state index contributed by atoms with van der Waals surface area (Å²) in [5.74, 6) is 0.713. The number of carbonyl (C=O) groups is 1. The maximum Gasteiger partial charge on any atom is 0.317 e. The van der Waals surface area contributed by atoms with Crippen LogP contribution in [-0.4, -0.2) is 35.7 Å². The molecule has 0 radical (unpaired) electrons. The fourth-order valence-corrected chi connectivity index (χ4v) is 2.80. The fourth-order valence-electron chi connectivity index (χ4n) is 2.09. The molecule has 0 spiro atoms. The van der Waals surface area contributed by atoms with E-state index in [0.29, 0.717) is 5.92 Å². The van der Waals surface area contributed by atoms with Gasteiger partial charge in [0.25, 0.3) is 0 Å². The van der Waals surface area contributed by atoms with Crippen molar-refractivity contribution in [3.05, 3.63) is 22.4 Å². The summed E-state index contributed by atoms with van der Waals surface area (Å²) < 4.78 is 0. The second kappa shape index (κ2) is 6.20. The molecule has 4 nitrogen and oxygen atoms in total. The zero-order chi connectivity index (χ0) is 13.0. The van der Waals surface area contributed by atoms with Crippen LogP contribution in [-0.2, 0) is 0 Å². The van der Waals surface area contributed by atoms with E-state index < -0.39 is 6.10 Å². The predicted octanol–water partition coefficient (Wildman–Crippen LogP) is 2.22. The van der Waals surface area contributed by atoms with E-state index in [9.17, 15) is 9.90 Å². The minimum atomic E-state index is -0.607. The second-order valence-corrected chi connectivity index (χ2v) is 5.71. The van der Waals surface area contributed by atoms with Crippen molar-refractivity contribution in [2.45, 2.75) is 25.9 Å². The lowest BCUT2D eigenvalue weighted by molar-refractivity contribution is 0.152. The Morgan fingerprint density at radius 1 is 1.61 bits per heavy atom. The van der Waals surface area contributed by atoms with Crippen LogP contribution in [0, 0.1) is 5.92 Å². The van der Waals surface area contributed by atoms with Crippen molar-refractivity contribution >= 4 is 17.4 Å². The average molecular weight is 268 g/mol. The molecule has 5 heteroatoms. The number of hydrogen-bond acceptors (Lipinski definition) is 3. The Balaban J connectivity index is 1.75. The Kier molecular flexibility index (Phi) is 4.60. The molecule has 0 bridgehead atoms. The molecule has 1 aromatic rings. The first-order valence-electron chi connectivity index (χ1n) is 6.39. The number of urea groups is 1. The lowest BCUT2D eigenvalue weighted by Crippen LogP contribution is -2.45. The van der Waals surface area contributed by atoms with Gasteiger partial charge in [-0.05, 0) is 41.1 Å². The van der Waals surface area contributed by atoms with Gasteiger partial charge in [-0.1, -0.05) is 6.92 Å². The molecule has 1 aliphatic heterocycles. The van der Waals surface area contributed by atoms with Gasteiger partial charge >= 0.3 is 6.03 Å². The minimum Gasteiger partial charge on any atom is -0.387 e.